The number of halogens is 2. The Morgan fingerprint density at radius 2 is 1.03 bits per heavy atom. The summed E-state index contributed by atoms with van der Waals surface area (Å²) < 4.78 is 0.248. The van der Waals surface area contributed by atoms with Gasteiger partial charge in [-0.05, 0) is 0 Å². The third-order valence-electron chi connectivity index (χ3n) is 6.80. The van der Waals surface area contributed by atoms with Crippen molar-refractivity contribution < 1.29 is 12.4 Å². The molecule has 0 aromatic heterocycles. The topological polar surface area (TPSA) is 0 Å². The predicted octanol–water partition coefficient (Wildman–Crippen LogP) is 8.63. The van der Waals surface area contributed by atoms with Crippen LogP contribution >= 0.6 is 18.6 Å². The molecule has 0 aliphatic heterocycles. The first kappa shape index (κ1) is 22.1. The molecular weight excluding hydrogens is 459 g/mol. The Labute approximate surface area is 190 Å². The van der Waals surface area contributed by atoms with E-state index in [4.69, 9.17) is 18.6 Å². The van der Waals surface area contributed by atoms with Crippen molar-refractivity contribution in [2.75, 3.05) is 0 Å². The van der Waals surface area contributed by atoms with Gasteiger partial charge in [-0.15, -0.1) is 0 Å². The summed E-state index contributed by atoms with van der Waals surface area (Å²) in [5.74, 6) is 0. The summed E-state index contributed by atoms with van der Waals surface area (Å²) in [6, 6.07) is 21.3. The first-order valence-corrected chi connectivity index (χ1v) is 22.4. The molecule has 4 heteroatoms. The van der Waals surface area contributed by atoms with Crippen LogP contribution in [0, 0.1) is 0 Å². The van der Waals surface area contributed by atoms with E-state index >= 15 is 0 Å². The molecule has 30 heavy (non-hydrogen) atoms. The summed E-state index contributed by atoms with van der Waals surface area (Å²) >= 11 is -4.15. The Hall–Kier alpha value is -1.09. The number of hydrogen-bond acceptors (Lipinski definition) is 0. The van der Waals surface area contributed by atoms with Crippen LogP contribution in [0.1, 0.15) is 25.0 Å². The van der Waals surface area contributed by atoms with E-state index < -0.39 is 19.1 Å². The number of rotatable bonds is 5. The van der Waals surface area contributed by atoms with Gasteiger partial charge in [-0.3, -0.25) is 0 Å². The minimum atomic E-state index is -4.15. The van der Waals surface area contributed by atoms with Crippen molar-refractivity contribution in [1.82, 2.24) is 0 Å². The van der Waals surface area contributed by atoms with Gasteiger partial charge in [0.1, 0.15) is 0 Å². The van der Waals surface area contributed by atoms with E-state index in [9.17, 15) is 0 Å². The molecule has 2 aromatic carbocycles. The van der Waals surface area contributed by atoms with E-state index in [-0.39, 0.29) is 8.45 Å². The van der Waals surface area contributed by atoms with E-state index in [1.54, 1.807) is 0 Å². The van der Waals surface area contributed by atoms with Crippen LogP contribution in [-0.4, -0.2) is 6.66 Å². The summed E-state index contributed by atoms with van der Waals surface area (Å²) in [6.45, 7) is 7.64. The molecule has 155 valence electrons. The summed E-state index contributed by atoms with van der Waals surface area (Å²) in [6.07, 6.45) is 9.36. The van der Waals surface area contributed by atoms with Gasteiger partial charge in [-0.2, -0.15) is 0 Å². The van der Waals surface area contributed by atoms with Gasteiger partial charge < -0.3 is 0 Å². The zero-order chi connectivity index (χ0) is 21.5. The van der Waals surface area contributed by atoms with Crippen LogP contribution in [-0.2, 0) is 12.4 Å². The predicted molar refractivity (Wildman–Crippen MR) is 134 cm³/mol. The van der Waals surface area contributed by atoms with Crippen LogP contribution in [0.25, 0.3) is 11.1 Å². The Bertz CT molecular complexity index is 997. The Balaban J connectivity index is 1.90. The maximum atomic E-state index is 8.01. The SMILES string of the molecule is CC1=C[CH]([Ti]([Cl])([Cl])([CH]2C=C(C)C=C2c2ccccc2)[SiH](C)C)C(c2ccccc2)=C1. The molecule has 2 aromatic rings. The van der Waals surface area contributed by atoms with Crippen LogP contribution in [0.4, 0.5) is 0 Å². The van der Waals surface area contributed by atoms with E-state index in [1.807, 2.05) is 0 Å². The zero-order valence-electron chi connectivity index (χ0n) is 18.1. The molecule has 0 fully saturated rings. The molecule has 4 rings (SSSR count). The molecule has 0 saturated heterocycles. The van der Waals surface area contributed by atoms with Crippen LogP contribution in [0.15, 0.2) is 96.1 Å². The molecule has 0 nitrogen and oxygen atoms in total. The normalized spacial score (nSPS) is 22.8. The minimum absolute atomic E-state index is 0.124. The Kier molecular flexibility index (Phi) is 5.98. The maximum absolute atomic E-state index is 8.01. The van der Waals surface area contributed by atoms with Crippen molar-refractivity contribution >= 4 is 36.4 Å². The van der Waals surface area contributed by atoms with Crippen LogP contribution < -0.4 is 0 Å². The first-order chi connectivity index (χ1) is 14.2. The summed E-state index contributed by atoms with van der Waals surface area (Å²) in [5.41, 5.74) is 7.64. The van der Waals surface area contributed by atoms with Crippen molar-refractivity contribution in [2.45, 2.75) is 35.4 Å². The van der Waals surface area contributed by atoms with Crippen molar-refractivity contribution in [1.29, 1.82) is 0 Å². The average molecular weight is 488 g/mol. The zero-order valence-corrected chi connectivity index (χ0v) is 22.3. The van der Waals surface area contributed by atoms with Crippen LogP contribution in [0.2, 0.25) is 21.5 Å². The monoisotopic (exact) mass is 487 g/mol. The van der Waals surface area contributed by atoms with Gasteiger partial charge >= 0.3 is 191 Å². The Morgan fingerprint density at radius 3 is 1.37 bits per heavy atom. The molecule has 0 spiro atoms. The average Bonchev–Trinajstić information content (AvgIpc) is 3.33. The van der Waals surface area contributed by atoms with Gasteiger partial charge in [0.2, 0.25) is 0 Å². The molecular formula is C26H29Cl2SiTi. The first-order valence-electron chi connectivity index (χ1n) is 10.7. The van der Waals surface area contributed by atoms with Crippen molar-refractivity contribution in [3.8, 4) is 0 Å². The molecule has 2 aliphatic carbocycles. The van der Waals surface area contributed by atoms with Crippen molar-refractivity contribution in [3.05, 3.63) is 107 Å². The number of allylic oxidation sites excluding steroid dienone is 8. The second-order valence-electron chi connectivity index (χ2n) is 9.09. The van der Waals surface area contributed by atoms with Gasteiger partial charge in [-0.1, -0.05) is 0 Å². The molecule has 0 bridgehead atoms. The summed E-state index contributed by atoms with van der Waals surface area (Å²) in [5, 5.41) is 0. The molecule has 0 radical (unpaired) electrons. The molecule has 2 aliphatic rings. The van der Waals surface area contributed by atoms with E-state index in [1.165, 1.54) is 33.4 Å². The number of benzene rings is 2. The molecule has 0 saturated carbocycles. The van der Waals surface area contributed by atoms with E-state index in [0.29, 0.717) is 0 Å². The fourth-order valence-electron chi connectivity index (χ4n) is 5.08. The molecule has 0 N–H and O–H groups in total. The third kappa shape index (κ3) is 3.59. The molecule has 2 atom stereocenters. The summed E-state index contributed by atoms with van der Waals surface area (Å²) in [7, 11) is 16.0. The van der Waals surface area contributed by atoms with Gasteiger partial charge in [0.25, 0.3) is 0 Å². The van der Waals surface area contributed by atoms with Gasteiger partial charge in [-0.25, -0.2) is 0 Å². The molecule has 2 unspecified atom stereocenters. The van der Waals surface area contributed by atoms with Gasteiger partial charge in [0, 0.05) is 0 Å². The Morgan fingerprint density at radius 1 is 0.667 bits per heavy atom. The second kappa shape index (κ2) is 8.11. The van der Waals surface area contributed by atoms with Gasteiger partial charge in [0.15, 0.2) is 0 Å². The standard InChI is InChI=1S/2C12H11.C2H7Si.2ClH.Ti/c2*1-10-7-8-12(9-10)11-5-3-2-4-6-11;1-3-2;;;/h2*2-9H,1H3;3H,1-2H3;2*1H;/q;;;;;+2/p-2. The van der Waals surface area contributed by atoms with E-state index in [2.05, 4.69) is 112 Å². The fourth-order valence-corrected chi connectivity index (χ4v) is 23.6. The van der Waals surface area contributed by atoms with Crippen LogP contribution in [0.3, 0.4) is 0 Å². The van der Waals surface area contributed by atoms with E-state index in [0.717, 1.165) is 0 Å². The quantitative estimate of drug-likeness (QED) is 0.370. The fraction of sp³-hybridized carbons (Fsp3) is 0.231. The molecule has 0 amide bonds. The van der Waals surface area contributed by atoms with Crippen molar-refractivity contribution in [3.63, 3.8) is 0 Å². The summed E-state index contributed by atoms with van der Waals surface area (Å²) in [4.78, 5) is 0. The van der Waals surface area contributed by atoms with Crippen molar-refractivity contribution in [2.24, 2.45) is 0 Å². The van der Waals surface area contributed by atoms with Crippen LogP contribution in [0.5, 0.6) is 0 Å². The van der Waals surface area contributed by atoms with Gasteiger partial charge in [0.05, 0.1) is 0 Å². The second-order valence-corrected chi connectivity index (χ2v) is 38.5. The number of hydrogen-bond donors (Lipinski definition) is 0. The molecule has 0 heterocycles. The third-order valence-corrected chi connectivity index (χ3v) is 42.2.